The fraction of sp³-hybridized carbons (Fsp3) is 0.533. The third-order valence-electron chi connectivity index (χ3n) is 2.80. The largest absolute Gasteiger partial charge is 0.490 e. The molecule has 1 rings (SSSR count). The molecular formula is C15H22O4. The molecule has 1 N–H and O–H groups in total. The Labute approximate surface area is 114 Å². The molecule has 0 aromatic heterocycles. The molecule has 0 amide bonds. The fourth-order valence-electron chi connectivity index (χ4n) is 1.84. The molecule has 0 aliphatic rings. The molecule has 0 saturated heterocycles. The van der Waals surface area contributed by atoms with Crippen LogP contribution in [0.4, 0.5) is 0 Å². The van der Waals surface area contributed by atoms with Gasteiger partial charge in [-0.05, 0) is 37.5 Å². The van der Waals surface area contributed by atoms with Crippen molar-refractivity contribution >= 4 is 5.97 Å². The molecular weight excluding hydrogens is 244 g/mol. The second-order valence-corrected chi connectivity index (χ2v) is 4.60. The maximum Gasteiger partial charge on any atom is 0.335 e. The van der Waals surface area contributed by atoms with Crippen LogP contribution in [0.5, 0.6) is 11.5 Å². The van der Waals surface area contributed by atoms with Crippen LogP contribution in [0, 0.1) is 5.92 Å². The molecule has 1 aromatic carbocycles. The van der Waals surface area contributed by atoms with E-state index in [1.165, 1.54) is 12.1 Å². The van der Waals surface area contributed by atoms with E-state index in [0.29, 0.717) is 30.6 Å². The number of hydrogen-bond donors (Lipinski definition) is 1. The van der Waals surface area contributed by atoms with E-state index >= 15 is 0 Å². The van der Waals surface area contributed by atoms with Gasteiger partial charge in [-0.15, -0.1) is 0 Å². The average molecular weight is 266 g/mol. The highest BCUT2D eigenvalue weighted by Crippen LogP contribution is 2.29. The minimum absolute atomic E-state index is 0.206. The predicted octanol–water partition coefficient (Wildman–Crippen LogP) is 3.60. The highest BCUT2D eigenvalue weighted by molar-refractivity contribution is 5.88. The first-order valence-corrected chi connectivity index (χ1v) is 6.71. The standard InChI is InChI=1S/C15H22O4/c1-4-6-11(3)10-19-13-8-7-12(15(16)17)9-14(13)18-5-2/h7-9,11H,4-6,10H2,1-3H3,(H,16,17). The van der Waals surface area contributed by atoms with Gasteiger partial charge in [-0.3, -0.25) is 0 Å². The van der Waals surface area contributed by atoms with Gasteiger partial charge in [-0.2, -0.15) is 0 Å². The van der Waals surface area contributed by atoms with Gasteiger partial charge in [0.1, 0.15) is 0 Å². The molecule has 0 radical (unpaired) electrons. The maximum atomic E-state index is 10.9. The first-order chi connectivity index (χ1) is 9.08. The first kappa shape index (κ1) is 15.3. The molecule has 0 fully saturated rings. The molecule has 0 bridgehead atoms. The lowest BCUT2D eigenvalue weighted by molar-refractivity contribution is 0.0696. The fourth-order valence-corrected chi connectivity index (χ4v) is 1.84. The zero-order valence-corrected chi connectivity index (χ0v) is 11.8. The number of carbonyl (C=O) groups is 1. The van der Waals surface area contributed by atoms with Gasteiger partial charge >= 0.3 is 5.97 Å². The number of benzene rings is 1. The molecule has 106 valence electrons. The number of ether oxygens (including phenoxy) is 2. The summed E-state index contributed by atoms with van der Waals surface area (Å²) in [6.07, 6.45) is 2.23. The number of carboxylic acid groups (broad SMARTS) is 1. The normalized spacial score (nSPS) is 11.9. The Kier molecular flexibility index (Phi) is 6.19. The molecule has 4 heteroatoms. The van der Waals surface area contributed by atoms with E-state index in [1.54, 1.807) is 6.07 Å². The lowest BCUT2D eigenvalue weighted by Gasteiger charge is -2.15. The van der Waals surface area contributed by atoms with Crippen molar-refractivity contribution in [2.24, 2.45) is 5.92 Å². The van der Waals surface area contributed by atoms with Gasteiger partial charge in [0.25, 0.3) is 0 Å². The second-order valence-electron chi connectivity index (χ2n) is 4.60. The van der Waals surface area contributed by atoms with Crippen molar-refractivity contribution in [2.75, 3.05) is 13.2 Å². The number of hydrogen-bond acceptors (Lipinski definition) is 3. The lowest BCUT2D eigenvalue weighted by Crippen LogP contribution is -2.09. The van der Waals surface area contributed by atoms with Crippen LogP contribution in [0.25, 0.3) is 0 Å². The number of carboxylic acids is 1. The van der Waals surface area contributed by atoms with Crippen molar-refractivity contribution in [3.8, 4) is 11.5 Å². The summed E-state index contributed by atoms with van der Waals surface area (Å²) in [5.74, 6) is 0.603. The summed E-state index contributed by atoms with van der Waals surface area (Å²) in [4.78, 5) is 10.9. The van der Waals surface area contributed by atoms with Gasteiger partial charge in [0.05, 0.1) is 18.8 Å². The third-order valence-corrected chi connectivity index (χ3v) is 2.80. The summed E-state index contributed by atoms with van der Waals surface area (Å²) < 4.78 is 11.2. The summed E-state index contributed by atoms with van der Waals surface area (Å²) in [6.45, 7) is 7.22. The van der Waals surface area contributed by atoms with E-state index in [0.717, 1.165) is 12.8 Å². The molecule has 0 saturated carbocycles. The van der Waals surface area contributed by atoms with Crippen LogP contribution >= 0.6 is 0 Å². The molecule has 4 nitrogen and oxygen atoms in total. The highest BCUT2D eigenvalue weighted by Gasteiger charge is 2.11. The van der Waals surface area contributed by atoms with Crippen molar-refractivity contribution in [3.05, 3.63) is 23.8 Å². The quantitative estimate of drug-likeness (QED) is 0.781. The molecule has 19 heavy (non-hydrogen) atoms. The Morgan fingerprint density at radius 3 is 2.58 bits per heavy atom. The van der Waals surface area contributed by atoms with Crippen molar-refractivity contribution in [1.82, 2.24) is 0 Å². The van der Waals surface area contributed by atoms with Gasteiger partial charge in [-0.1, -0.05) is 20.3 Å². The Morgan fingerprint density at radius 2 is 2.00 bits per heavy atom. The molecule has 0 spiro atoms. The van der Waals surface area contributed by atoms with Crippen LogP contribution in [0.2, 0.25) is 0 Å². The van der Waals surface area contributed by atoms with E-state index in [9.17, 15) is 4.79 Å². The lowest BCUT2D eigenvalue weighted by atomic mass is 10.1. The zero-order valence-electron chi connectivity index (χ0n) is 11.8. The Hall–Kier alpha value is -1.71. The molecule has 0 heterocycles. The summed E-state index contributed by atoms with van der Waals surface area (Å²) >= 11 is 0. The monoisotopic (exact) mass is 266 g/mol. The van der Waals surface area contributed by atoms with Crippen molar-refractivity contribution < 1.29 is 19.4 Å². The molecule has 1 aromatic rings. The Morgan fingerprint density at radius 1 is 1.26 bits per heavy atom. The minimum atomic E-state index is -0.966. The maximum absolute atomic E-state index is 10.9. The number of rotatable bonds is 8. The Balaban J connectivity index is 2.78. The van der Waals surface area contributed by atoms with E-state index in [4.69, 9.17) is 14.6 Å². The summed E-state index contributed by atoms with van der Waals surface area (Å²) in [5.41, 5.74) is 0.206. The van der Waals surface area contributed by atoms with E-state index in [-0.39, 0.29) is 5.56 Å². The van der Waals surface area contributed by atoms with Crippen molar-refractivity contribution in [1.29, 1.82) is 0 Å². The van der Waals surface area contributed by atoms with Crippen LogP contribution in [0.15, 0.2) is 18.2 Å². The van der Waals surface area contributed by atoms with Crippen LogP contribution in [-0.4, -0.2) is 24.3 Å². The van der Waals surface area contributed by atoms with Gasteiger partial charge in [0.15, 0.2) is 11.5 Å². The Bertz CT molecular complexity index is 415. The highest BCUT2D eigenvalue weighted by atomic mass is 16.5. The van der Waals surface area contributed by atoms with E-state index in [2.05, 4.69) is 13.8 Å². The summed E-state index contributed by atoms with van der Waals surface area (Å²) in [6, 6.07) is 4.70. The second kappa shape index (κ2) is 7.67. The van der Waals surface area contributed by atoms with Crippen LogP contribution in [0.3, 0.4) is 0 Å². The summed E-state index contributed by atoms with van der Waals surface area (Å²) in [7, 11) is 0. The van der Waals surface area contributed by atoms with Crippen LogP contribution < -0.4 is 9.47 Å². The van der Waals surface area contributed by atoms with E-state index in [1.807, 2.05) is 6.92 Å². The molecule has 1 unspecified atom stereocenters. The molecule has 0 aliphatic carbocycles. The van der Waals surface area contributed by atoms with Crippen molar-refractivity contribution in [2.45, 2.75) is 33.6 Å². The summed E-state index contributed by atoms with van der Waals surface area (Å²) in [5, 5.41) is 8.96. The third kappa shape index (κ3) is 4.81. The minimum Gasteiger partial charge on any atom is -0.490 e. The first-order valence-electron chi connectivity index (χ1n) is 6.71. The average Bonchev–Trinajstić information content (AvgIpc) is 2.37. The van der Waals surface area contributed by atoms with Crippen molar-refractivity contribution in [3.63, 3.8) is 0 Å². The van der Waals surface area contributed by atoms with Crippen LogP contribution in [0.1, 0.15) is 44.0 Å². The van der Waals surface area contributed by atoms with Gasteiger partial charge in [0, 0.05) is 0 Å². The topological polar surface area (TPSA) is 55.8 Å². The zero-order chi connectivity index (χ0) is 14.3. The predicted molar refractivity (Wildman–Crippen MR) is 74.1 cm³/mol. The van der Waals surface area contributed by atoms with Gasteiger partial charge < -0.3 is 14.6 Å². The molecule has 1 atom stereocenters. The van der Waals surface area contributed by atoms with Gasteiger partial charge in [-0.25, -0.2) is 4.79 Å². The van der Waals surface area contributed by atoms with Gasteiger partial charge in [0.2, 0.25) is 0 Å². The SMILES string of the molecule is CCCC(C)COc1ccc(C(=O)O)cc1OCC. The van der Waals surface area contributed by atoms with Crippen LogP contribution in [-0.2, 0) is 0 Å². The number of aromatic carboxylic acids is 1. The van der Waals surface area contributed by atoms with E-state index < -0.39 is 5.97 Å². The molecule has 0 aliphatic heterocycles. The smallest absolute Gasteiger partial charge is 0.335 e.